The number of rotatable bonds is 6. The summed E-state index contributed by atoms with van der Waals surface area (Å²) in [4.78, 5) is 11.8. The molecule has 2 rings (SSSR count). The Kier molecular flexibility index (Phi) is 5.17. The number of nitrogens with one attached hydrogen (secondary N) is 1. The molecule has 0 fully saturated rings. The third kappa shape index (κ3) is 4.55. The van der Waals surface area contributed by atoms with Gasteiger partial charge in [-0.1, -0.05) is 17.7 Å². The van der Waals surface area contributed by atoms with Gasteiger partial charge in [0.05, 0.1) is 12.1 Å². The van der Waals surface area contributed by atoms with Crippen molar-refractivity contribution >= 4 is 27.3 Å². The molecule has 0 atom stereocenters. The number of amides is 1. The van der Waals surface area contributed by atoms with Crippen LogP contribution in [0.4, 0.5) is 0 Å². The van der Waals surface area contributed by atoms with Gasteiger partial charge in [-0.15, -0.1) is 11.3 Å². The number of sulfonamides is 1. The summed E-state index contributed by atoms with van der Waals surface area (Å²) in [7, 11) is -3.77. The van der Waals surface area contributed by atoms with Gasteiger partial charge in [0.2, 0.25) is 10.0 Å². The number of carbonyl (C=O) groups is 1. The van der Waals surface area contributed by atoms with Crippen molar-refractivity contribution < 1.29 is 17.9 Å². The molecule has 0 aliphatic carbocycles. The minimum Gasteiger partial charge on any atom is -0.492 e. The van der Waals surface area contributed by atoms with E-state index in [1.807, 2.05) is 31.2 Å². The quantitative estimate of drug-likeness (QED) is 0.779. The Morgan fingerprint density at radius 3 is 2.59 bits per heavy atom. The van der Waals surface area contributed by atoms with E-state index in [1.54, 1.807) is 0 Å². The molecule has 0 radical (unpaired) electrons. The molecule has 6 nitrogen and oxygen atoms in total. The first-order chi connectivity index (χ1) is 10.4. The molecule has 0 saturated heterocycles. The van der Waals surface area contributed by atoms with Crippen molar-refractivity contribution in [2.45, 2.75) is 11.1 Å². The van der Waals surface area contributed by atoms with Crippen molar-refractivity contribution in [3.8, 4) is 5.75 Å². The lowest BCUT2D eigenvalue weighted by molar-refractivity contribution is 0.0947. The van der Waals surface area contributed by atoms with Crippen LogP contribution in [0.1, 0.15) is 15.9 Å². The second-order valence-electron chi connectivity index (χ2n) is 4.62. The van der Waals surface area contributed by atoms with Crippen LogP contribution in [0.3, 0.4) is 0 Å². The number of nitrogens with two attached hydrogens (primary N) is 1. The van der Waals surface area contributed by atoms with Gasteiger partial charge in [0.1, 0.15) is 16.6 Å². The van der Waals surface area contributed by atoms with E-state index in [0.29, 0.717) is 13.2 Å². The molecule has 0 bridgehead atoms. The van der Waals surface area contributed by atoms with Gasteiger partial charge < -0.3 is 10.1 Å². The molecule has 3 N–H and O–H groups in total. The standard InChI is InChI=1S/C14H16N2O4S2/c1-10-2-4-12(5-3-10)20-7-6-16-14(17)11-8-13(21-9-11)22(15,18)19/h2-5,8-9H,6-7H2,1H3,(H,16,17)(H2,15,18,19). The van der Waals surface area contributed by atoms with Crippen LogP contribution in [0, 0.1) is 6.92 Å². The highest BCUT2D eigenvalue weighted by Gasteiger charge is 2.14. The van der Waals surface area contributed by atoms with Crippen LogP contribution < -0.4 is 15.2 Å². The van der Waals surface area contributed by atoms with Crippen molar-refractivity contribution in [2.75, 3.05) is 13.2 Å². The highest BCUT2D eigenvalue weighted by molar-refractivity contribution is 7.91. The van der Waals surface area contributed by atoms with Crippen molar-refractivity contribution in [3.63, 3.8) is 0 Å². The molecule has 1 heterocycles. The predicted octanol–water partition coefficient (Wildman–Crippen LogP) is 1.51. The van der Waals surface area contributed by atoms with E-state index in [4.69, 9.17) is 9.88 Å². The van der Waals surface area contributed by atoms with Crippen LogP contribution in [-0.4, -0.2) is 27.5 Å². The van der Waals surface area contributed by atoms with Crippen LogP contribution in [0.5, 0.6) is 5.75 Å². The van der Waals surface area contributed by atoms with Gasteiger partial charge >= 0.3 is 0 Å². The lowest BCUT2D eigenvalue weighted by Crippen LogP contribution is -2.27. The van der Waals surface area contributed by atoms with Crippen LogP contribution in [-0.2, 0) is 10.0 Å². The van der Waals surface area contributed by atoms with Crippen molar-refractivity contribution in [3.05, 3.63) is 46.8 Å². The summed E-state index contributed by atoms with van der Waals surface area (Å²) in [6.07, 6.45) is 0. The van der Waals surface area contributed by atoms with Gasteiger partial charge in [0.25, 0.3) is 5.91 Å². The Bertz CT molecular complexity index is 751. The predicted molar refractivity (Wildman–Crippen MR) is 84.7 cm³/mol. The van der Waals surface area contributed by atoms with Gasteiger partial charge in [0, 0.05) is 5.38 Å². The van der Waals surface area contributed by atoms with E-state index >= 15 is 0 Å². The fourth-order valence-electron chi connectivity index (χ4n) is 1.65. The summed E-state index contributed by atoms with van der Waals surface area (Å²) in [6, 6.07) is 8.85. The van der Waals surface area contributed by atoms with E-state index in [-0.39, 0.29) is 15.7 Å². The summed E-state index contributed by atoms with van der Waals surface area (Å²) in [5.74, 6) is 0.366. The summed E-state index contributed by atoms with van der Waals surface area (Å²) in [5.41, 5.74) is 1.41. The van der Waals surface area contributed by atoms with Crippen LogP contribution in [0.25, 0.3) is 0 Å². The average Bonchev–Trinajstić information content (AvgIpc) is 2.95. The molecular weight excluding hydrogens is 324 g/mol. The number of hydrogen-bond acceptors (Lipinski definition) is 5. The van der Waals surface area contributed by atoms with Crippen LogP contribution in [0.15, 0.2) is 39.9 Å². The minimum absolute atomic E-state index is 0.0337. The van der Waals surface area contributed by atoms with Crippen molar-refractivity contribution in [1.82, 2.24) is 5.32 Å². The Labute approximate surface area is 133 Å². The second kappa shape index (κ2) is 6.91. The monoisotopic (exact) mass is 340 g/mol. The first kappa shape index (κ1) is 16.5. The maximum absolute atomic E-state index is 11.8. The number of primary sulfonamides is 1. The third-order valence-corrected chi connectivity index (χ3v) is 5.18. The Balaban J connectivity index is 1.80. The first-order valence-electron chi connectivity index (χ1n) is 6.45. The minimum atomic E-state index is -3.77. The van der Waals surface area contributed by atoms with Crippen molar-refractivity contribution in [2.24, 2.45) is 5.14 Å². The topological polar surface area (TPSA) is 98.5 Å². The van der Waals surface area contributed by atoms with Crippen molar-refractivity contribution in [1.29, 1.82) is 0 Å². The largest absolute Gasteiger partial charge is 0.492 e. The highest BCUT2D eigenvalue weighted by atomic mass is 32.2. The number of ether oxygens (including phenoxy) is 1. The first-order valence-corrected chi connectivity index (χ1v) is 8.88. The third-order valence-electron chi connectivity index (χ3n) is 2.80. The Morgan fingerprint density at radius 1 is 1.32 bits per heavy atom. The van der Waals surface area contributed by atoms with Gasteiger partial charge in [-0.2, -0.15) is 0 Å². The van der Waals surface area contributed by atoms with E-state index < -0.39 is 10.0 Å². The van der Waals surface area contributed by atoms with Gasteiger partial charge in [-0.25, -0.2) is 13.6 Å². The zero-order valence-corrected chi connectivity index (χ0v) is 13.5. The summed E-state index contributed by atoms with van der Waals surface area (Å²) in [5, 5.41) is 9.10. The van der Waals surface area contributed by atoms with Gasteiger partial charge in [0.15, 0.2) is 0 Å². The molecule has 1 aromatic carbocycles. The van der Waals surface area contributed by atoms with E-state index in [1.165, 1.54) is 11.4 Å². The molecule has 0 saturated carbocycles. The maximum Gasteiger partial charge on any atom is 0.252 e. The number of hydrogen-bond donors (Lipinski definition) is 2. The Hall–Kier alpha value is -1.90. The summed E-state index contributed by atoms with van der Waals surface area (Å²) >= 11 is 0.917. The molecular formula is C14H16N2O4S2. The van der Waals surface area contributed by atoms with Gasteiger partial charge in [-0.3, -0.25) is 4.79 Å². The number of carbonyl (C=O) groups excluding carboxylic acids is 1. The molecule has 0 aliphatic rings. The number of thiophene rings is 1. The Morgan fingerprint density at radius 2 is 2.00 bits per heavy atom. The second-order valence-corrected chi connectivity index (χ2v) is 7.32. The summed E-state index contributed by atoms with van der Waals surface area (Å²) in [6.45, 7) is 2.62. The maximum atomic E-state index is 11.8. The number of aryl methyl sites for hydroxylation is 1. The highest BCUT2D eigenvalue weighted by Crippen LogP contribution is 2.18. The normalized spacial score (nSPS) is 11.2. The SMILES string of the molecule is Cc1ccc(OCCNC(=O)c2csc(S(N)(=O)=O)c2)cc1. The van der Waals surface area contributed by atoms with E-state index in [2.05, 4.69) is 5.32 Å². The van der Waals surface area contributed by atoms with Crippen LogP contribution >= 0.6 is 11.3 Å². The average molecular weight is 340 g/mol. The lowest BCUT2D eigenvalue weighted by Gasteiger charge is -2.07. The fraction of sp³-hybridized carbons (Fsp3) is 0.214. The fourth-order valence-corrected chi connectivity index (χ4v) is 3.24. The zero-order valence-electron chi connectivity index (χ0n) is 11.9. The molecule has 0 aliphatic heterocycles. The van der Waals surface area contributed by atoms with E-state index in [9.17, 15) is 13.2 Å². The van der Waals surface area contributed by atoms with Crippen LogP contribution in [0.2, 0.25) is 0 Å². The molecule has 22 heavy (non-hydrogen) atoms. The smallest absolute Gasteiger partial charge is 0.252 e. The summed E-state index contributed by atoms with van der Waals surface area (Å²) < 4.78 is 27.7. The zero-order chi connectivity index (χ0) is 16.2. The molecule has 0 unspecified atom stereocenters. The van der Waals surface area contributed by atoms with E-state index in [0.717, 1.165) is 22.6 Å². The molecule has 0 spiro atoms. The number of benzene rings is 1. The molecule has 118 valence electrons. The molecule has 2 aromatic rings. The lowest BCUT2D eigenvalue weighted by atomic mass is 10.2. The molecule has 8 heteroatoms. The molecule has 1 amide bonds. The van der Waals surface area contributed by atoms with Gasteiger partial charge in [-0.05, 0) is 25.1 Å². The molecule has 1 aromatic heterocycles.